The van der Waals surface area contributed by atoms with Gasteiger partial charge in [0.05, 0.1) is 0 Å². The van der Waals surface area contributed by atoms with Crippen LogP contribution in [0.5, 0.6) is 0 Å². The van der Waals surface area contributed by atoms with Crippen molar-refractivity contribution in [2.45, 2.75) is 52.9 Å². The van der Waals surface area contributed by atoms with E-state index in [9.17, 15) is 0 Å². The Morgan fingerprint density at radius 1 is 1.09 bits per heavy atom. The Labute approximate surface area is 71.4 Å². The molecule has 1 aliphatic carbocycles. The summed E-state index contributed by atoms with van der Waals surface area (Å²) in [5.74, 6) is 3.09. The number of hydrogen-bond donors (Lipinski definition) is 0. The van der Waals surface area contributed by atoms with Gasteiger partial charge in [-0.15, -0.1) is 0 Å². The second-order valence-electron chi connectivity index (χ2n) is 4.23. The zero-order valence-electron chi connectivity index (χ0n) is 8.27. The van der Waals surface area contributed by atoms with Crippen LogP contribution in [0.25, 0.3) is 0 Å². The van der Waals surface area contributed by atoms with Crippen molar-refractivity contribution in [3.8, 4) is 0 Å². The van der Waals surface area contributed by atoms with Gasteiger partial charge in [-0.25, -0.2) is 0 Å². The van der Waals surface area contributed by atoms with Crippen LogP contribution in [0, 0.1) is 17.8 Å². The van der Waals surface area contributed by atoms with E-state index in [-0.39, 0.29) is 0 Å². The van der Waals surface area contributed by atoms with Gasteiger partial charge < -0.3 is 0 Å². The molecule has 3 unspecified atom stereocenters. The van der Waals surface area contributed by atoms with E-state index in [1.807, 2.05) is 0 Å². The molecule has 0 heterocycles. The summed E-state index contributed by atoms with van der Waals surface area (Å²) in [5, 5.41) is 0. The van der Waals surface area contributed by atoms with Crippen LogP contribution in [-0.2, 0) is 0 Å². The minimum Gasteiger partial charge on any atom is -0.0651 e. The van der Waals surface area contributed by atoms with E-state index in [1.54, 1.807) is 0 Å². The van der Waals surface area contributed by atoms with E-state index in [0.717, 1.165) is 17.8 Å². The average molecular weight is 154 g/mol. The Balaban J connectivity index is 2.37. The molecular weight excluding hydrogens is 132 g/mol. The topological polar surface area (TPSA) is 0 Å². The maximum Gasteiger partial charge on any atom is -0.0388 e. The minimum absolute atomic E-state index is 1.00. The molecule has 0 spiro atoms. The van der Waals surface area contributed by atoms with Gasteiger partial charge in [0.25, 0.3) is 0 Å². The number of rotatable bonds is 2. The highest BCUT2D eigenvalue weighted by Gasteiger charge is 2.24. The fourth-order valence-electron chi connectivity index (χ4n) is 2.45. The molecule has 0 heteroatoms. The van der Waals surface area contributed by atoms with E-state index >= 15 is 0 Å². The summed E-state index contributed by atoms with van der Waals surface area (Å²) in [5.41, 5.74) is 0. The van der Waals surface area contributed by atoms with Crippen molar-refractivity contribution in [3.63, 3.8) is 0 Å². The van der Waals surface area contributed by atoms with Crippen LogP contribution in [0.2, 0.25) is 0 Å². The fourth-order valence-corrected chi connectivity index (χ4v) is 2.45. The molecule has 0 radical (unpaired) electrons. The molecular formula is C11H22. The van der Waals surface area contributed by atoms with Gasteiger partial charge in [-0.05, 0) is 24.2 Å². The Bertz CT molecular complexity index is 107. The summed E-state index contributed by atoms with van der Waals surface area (Å²) in [6.07, 6.45) is 7.29. The zero-order valence-corrected chi connectivity index (χ0v) is 8.27. The molecule has 0 N–H and O–H groups in total. The van der Waals surface area contributed by atoms with Crippen LogP contribution in [0.15, 0.2) is 0 Å². The molecule has 1 rings (SSSR count). The highest BCUT2D eigenvalue weighted by Crippen LogP contribution is 2.36. The second-order valence-corrected chi connectivity index (χ2v) is 4.23. The van der Waals surface area contributed by atoms with Gasteiger partial charge in [0.2, 0.25) is 0 Å². The van der Waals surface area contributed by atoms with Crippen molar-refractivity contribution in [2.24, 2.45) is 17.8 Å². The molecule has 0 bridgehead atoms. The van der Waals surface area contributed by atoms with Crippen LogP contribution < -0.4 is 0 Å². The first-order valence-corrected chi connectivity index (χ1v) is 5.27. The third kappa shape index (κ3) is 2.21. The third-order valence-corrected chi connectivity index (χ3v) is 3.57. The fraction of sp³-hybridized carbons (Fsp3) is 1.00. The Kier molecular flexibility index (Phi) is 3.42. The Morgan fingerprint density at radius 3 is 2.36 bits per heavy atom. The number of hydrogen-bond acceptors (Lipinski definition) is 0. The molecule has 0 amide bonds. The molecule has 0 aromatic carbocycles. The summed E-state index contributed by atoms with van der Waals surface area (Å²) in [6.45, 7) is 7.12. The summed E-state index contributed by atoms with van der Waals surface area (Å²) >= 11 is 0. The average Bonchev–Trinajstić information content (AvgIpc) is 2.05. The van der Waals surface area contributed by atoms with E-state index in [2.05, 4.69) is 20.8 Å². The van der Waals surface area contributed by atoms with Gasteiger partial charge in [0.15, 0.2) is 0 Å². The minimum atomic E-state index is 1.00. The summed E-state index contributed by atoms with van der Waals surface area (Å²) in [7, 11) is 0. The summed E-state index contributed by atoms with van der Waals surface area (Å²) in [4.78, 5) is 0. The lowest BCUT2D eigenvalue weighted by molar-refractivity contribution is 0.184. The van der Waals surface area contributed by atoms with Crippen molar-refractivity contribution in [1.82, 2.24) is 0 Å². The van der Waals surface area contributed by atoms with Crippen LogP contribution in [0.3, 0.4) is 0 Å². The SMILES string of the molecule is CCC1CCC(C)C(CC)C1. The van der Waals surface area contributed by atoms with Crippen LogP contribution in [-0.4, -0.2) is 0 Å². The zero-order chi connectivity index (χ0) is 8.27. The van der Waals surface area contributed by atoms with E-state index in [4.69, 9.17) is 0 Å². The smallest absolute Gasteiger partial charge is 0.0388 e. The molecule has 66 valence electrons. The monoisotopic (exact) mass is 154 g/mol. The van der Waals surface area contributed by atoms with Gasteiger partial charge in [-0.3, -0.25) is 0 Å². The van der Waals surface area contributed by atoms with Gasteiger partial charge in [0, 0.05) is 0 Å². The van der Waals surface area contributed by atoms with Gasteiger partial charge >= 0.3 is 0 Å². The van der Waals surface area contributed by atoms with E-state index in [1.165, 1.54) is 32.1 Å². The molecule has 0 aliphatic heterocycles. The standard InChI is InChI=1S/C11H22/c1-4-10-7-6-9(3)11(5-2)8-10/h9-11H,4-8H2,1-3H3. The largest absolute Gasteiger partial charge is 0.0651 e. The van der Waals surface area contributed by atoms with Gasteiger partial charge in [-0.1, -0.05) is 46.5 Å². The normalized spacial score (nSPS) is 39.0. The third-order valence-electron chi connectivity index (χ3n) is 3.57. The van der Waals surface area contributed by atoms with Crippen LogP contribution in [0.4, 0.5) is 0 Å². The van der Waals surface area contributed by atoms with Crippen molar-refractivity contribution in [1.29, 1.82) is 0 Å². The molecule has 0 aromatic heterocycles. The Hall–Kier alpha value is 0. The first-order chi connectivity index (χ1) is 5.27. The maximum atomic E-state index is 2.43. The van der Waals surface area contributed by atoms with E-state index in [0.29, 0.717) is 0 Å². The lowest BCUT2D eigenvalue weighted by Crippen LogP contribution is -2.21. The predicted molar refractivity (Wildman–Crippen MR) is 50.6 cm³/mol. The van der Waals surface area contributed by atoms with E-state index < -0.39 is 0 Å². The Morgan fingerprint density at radius 2 is 1.82 bits per heavy atom. The molecule has 3 atom stereocenters. The second kappa shape index (κ2) is 4.13. The molecule has 0 aromatic rings. The van der Waals surface area contributed by atoms with Gasteiger partial charge in [-0.2, -0.15) is 0 Å². The molecule has 1 aliphatic rings. The predicted octanol–water partition coefficient (Wildman–Crippen LogP) is 3.86. The van der Waals surface area contributed by atoms with Crippen molar-refractivity contribution in [2.75, 3.05) is 0 Å². The molecule has 0 saturated heterocycles. The lowest BCUT2D eigenvalue weighted by atomic mass is 9.73. The first-order valence-electron chi connectivity index (χ1n) is 5.27. The van der Waals surface area contributed by atoms with Crippen molar-refractivity contribution in [3.05, 3.63) is 0 Å². The first kappa shape index (κ1) is 9.09. The summed E-state index contributed by atoms with van der Waals surface area (Å²) < 4.78 is 0. The lowest BCUT2D eigenvalue weighted by Gasteiger charge is -2.33. The molecule has 11 heavy (non-hydrogen) atoms. The van der Waals surface area contributed by atoms with Crippen LogP contribution in [0.1, 0.15) is 52.9 Å². The molecule has 1 fully saturated rings. The highest BCUT2D eigenvalue weighted by molar-refractivity contribution is 4.76. The van der Waals surface area contributed by atoms with Crippen molar-refractivity contribution < 1.29 is 0 Å². The maximum absolute atomic E-state index is 2.43. The quantitative estimate of drug-likeness (QED) is 0.566. The highest BCUT2D eigenvalue weighted by atomic mass is 14.3. The van der Waals surface area contributed by atoms with Crippen LogP contribution >= 0.6 is 0 Å². The molecule has 0 nitrogen and oxygen atoms in total. The van der Waals surface area contributed by atoms with Gasteiger partial charge in [0.1, 0.15) is 0 Å². The molecule has 1 saturated carbocycles. The van der Waals surface area contributed by atoms with Crippen molar-refractivity contribution >= 4 is 0 Å². The summed E-state index contributed by atoms with van der Waals surface area (Å²) in [6, 6.07) is 0.